The summed E-state index contributed by atoms with van der Waals surface area (Å²) >= 11 is 1.46. The van der Waals surface area contributed by atoms with Gasteiger partial charge in [0.05, 0.1) is 17.1 Å². The molecule has 2 unspecified atom stereocenters. The first-order valence-electron chi connectivity index (χ1n) is 9.30. The molecule has 3 heterocycles. The van der Waals surface area contributed by atoms with Crippen molar-refractivity contribution in [1.82, 2.24) is 9.55 Å². The van der Waals surface area contributed by atoms with Gasteiger partial charge in [-0.05, 0) is 52.0 Å². The second-order valence-electron chi connectivity index (χ2n) is 7.29. The lowest BCUT2D eigenvalue weighted by atomic mass is 10.0. The molecule has 0 spiro atoms. The predicted molar refractivity (Wildman–Crippen MR) is 112 cm³/mol. The Balaban J connectivity index is 1.75. The number of hydrogen-bond acceptors (Lipinski definition) is 6. The van der Waals surface area contributed by atoms with E-state index in [1.807, 2.05) is 6.92 Å². The van der Waals surface area contributed by atoms with Gasteiger partial charge in [-0.15, -0.1) is 11.3 Å². The third-order valence-electron chi connectivity index (χ3n) is 5.25. The Morgan fingerprint density at radius 2 is 1.97 bits per heavy atom. The standard InChI is InChI=1S/C21H21N3O4S/c1-10-8-15-19(29-10)22-13(4)24(21(15)27)11(2)18(25)14-6-7-17-16(9-14)23(5)20(26)12(3)28-17/h6-9,11-12H,1-5H3. The SMILES string of the molecule is Cc1cc2c(=O)n(C(C)C(=O)c3ccc4c(c3)N(C)C(=O)C(C)O4)c(C)nc2s1. The molecule has 0 fully saturated rings. The number of anilines is 1. The number of amides is 1. The molecule has 0 radical (unpaired) electrons. The summed E-state index contributed by atoms with van der Waals surface area (Å²) < 4.78 is 7.05. The highest BCUT2D eigenvalue weighted by atomic mass is 32.1. The Hall–Kier alpha value is -3.00. The number of carbonyl (C=O) groups is 2. The first-order valence-corrected chi connectivity index (χ1v) is 10.1. The molecule has 2 aromatic heterocycles. The van der Waals surface area contributed by atoms with Gasteiger partial charge in [0, 0.05) is 17.5 Å². The van der Waals surface area contributed by atoms with Gasteiger partial charge in [-0.2, -0.15) is 0 Å². The zero-order valence-electron chi connectivity index (χ0n) is 16.8. The van der Waals surface area contributed by atoms with E-state index in [4.69, 9.17) is 4.74 Å². The van der Waals surface area contributed by atoms with E-state index in [-0.39, 0.29) is 17.2 Å². The Labute approximate surface area is 171 Å². The van der Waals surface area contributed by atoms with Crippen LogP contribution < -0.4 is 15.2 Å². The zero-order chi connectivity index (χ0) is 21.0. The number of ether oxygens (including phenoxy) is 1. The van der Waals surface area contributed by atoms with Crippen LogP contribution in [0.1, 0.15) is 40.9 Å². The molecule has 1 amide bonds. The average molecular weight is 411 g/mol. The fourth-order valence-corrected chi connectivity index (χ4v) is 4.61. The van der Waals surface area contributed by atoms with Crippen LogP contribution >= 0.6 is 11.3 Å². The first-order chi connectivity index (χ1) is 13.7. The molecule has 0 bridgehead atoms. The quantitative estimate of drug-likeness (QED) is 0.618. The highest BCUT2D eigenvalue weighted by Gasteiger charge is 2.30. The molecule has 0 saturated heterocycles. The van der Waals surface area contributed by atoms with Crippen molar-refractivity contribution in [2.45, 2.75) is 39.8 Å². The van der Waals surface area contributed by atoms with Crippen molar-refractivity contribution in [3.05, 3.63) is 50.9 Å². The van der Waals surface area contributed by atoms with E-state index in [2.05, 4.69) is 4.98 Å². The van der Waals surface area contributed by atoms with Gasteiger partial charge in [0.1, 0.15) is 16.4 Å². The number of fused-ring (bicyclic) bond motifs is 2. The second kappa shape index (κ2) is 6.81. The van der Waals surface area contributed by atoms with E-state index >= 15 is 0 Å². The summed E-state index contributed by atoms with van der Waals surface area (Å²) in [4.78, 5) is 46.1. The highest BCUT2D eigenvalue weighted by molar-refractivity contribution is 7.18. The van der Waals surface area contributed by atoms with E-state index in [1.165, 1.54) is 20.8 Å². The van der Waals surface area contributed by atoms with Gasteiger partial charge in [-0.25, -0.2) is 4.98 Å². The van der Waals surface area contributed by atoms with Crippen molar-refractivity contribution >= 4 is 38.9 Å². The molecular weight excluding hydrogens is 390 g/mol. The molecule has 8 heteroatoms. The Bertz CT molecular complexity index is 1230. The normalized spacial score (nSPS) is 17.2. The van der Waals surface area contributed by atoms with Crippen LogP contribution in [0.3, 0.4) is 0 Å². The molecule has 2 atom stereocenters. The Kier molecular flexibility index (Phi) is 4.53. The second-order valence-corrected chi connectivity index (χ2v) is 8.52. The van der Waals surface area contributed by atoms with Crippen LogP contribution in [0.5, 0.6) is 5.75 Å². The van der Waals surface area contributed by atoms with Crippen molar-refractivity contribution in [3.8, 4) is 5.75 Å². The van der Waals surface area contributed by atoms with E-state index in [1.54, 1.807) is 52.1 Å². The molecule has 0 aliphatic carbocycles. The summed E-state index contributed by atoms with van der Waals surface area (Å²) in [6, 6.07) is 6.06. The predicted octanol–water partition coefficient (Wildman–Crippen LogP) is 3.26. The van der Waals surface area contributed by atoms with Crippen molar-refractivity contribution in [2.24, 2.45) is 0 Å². The minimum absolute atomic E-state index is 0.176. The number of aryl methyl sites for hydroxylation is 2. The number of thiophene rings is 1. The molecule has 7 nitrogen and oxygen atoms in total. The van der Waals surface area contributed by atoms with Gasteiger partial charge in [0.2, 0.25) is 0 Å². The monoisotopic (exact) mass is 411 g/mol. The van der Waals surface area contributed by atoms with Crippen LogP contribution in [0.2, 0.25) is 0 Å². The number of hydrogen-bond donors (Lipinski definition) is 0. The molecule has 150 valence electrons. The van der Waals surface area contributed by atoms with Gasteiger partial charge in [-0.1, -0.05) is 0 Å². The van der Waals surface area contributed by atoms with Crippen molar-refractivity contribution in [3.63, 3.8) is 0 Å². The third-order valence-corrected chi connectivity index (χ3v) is 6.19. The number of nitrogens with zero attached hydrogens (tertiary/aromatic N) is 3. The maximum Gasteiger partial charge on any atom is 0.267 e. The molecule has 0 saturated carbocycles. The van der Waals surface area contributed by atoms with Crippen LogP contribution in [0.25, 0.3) is 10.2 Å². The smallest absolute Gasteiger partial charge is 0.267 e. The van der Waals surface area contributed by atoms with Crippen LogP contribution in [0, 0.1) is 13.8 Å². The summed E-state index contributed by atoms with van der Waals surface area (Å²) in [7, 11) is 1.66. The number of aromatic nitrogens is 2. The summed E-state index contributed by atoms with van der Waals surface area (Å²) in [6.07, 6.45) is -0.568. The van der Waals surface area contributed by atoms with Crippen LogP contribution in [0.15, 0.2) is 29.1 Å². The van der Waals surface area contributed by atoms with Crippen LogP contribution in [0.4, 0.5) is 5.69 Å². The molecule has 4 rings (SSSR count). The van der Waals surface area contributed by atoms with E-state index in [0.717, 1.165) is 4.88 Å². The number of ketones is 1. The van der Waals surface area contributed by atoms with Gasteiger partial charge >= 0.3 is 0 Å². The van der Waals surface area contributed by atoms with E-state index in [9.17, 15) is 14.4 Å². The number of benzene rings is 1. The lowest BCUT2D eigenvalue weighted by Gasteiger charge is -2.30. The molecule has 3 aromatic rings. The van der Waals surface area contributed by atoms with Crippen LogP contribution in [-0.4, -0.2) is 34.4 Å². The number of carbonyl (C=O) groups excluding carboxylic acids is 2. The molecule has 1 aromatic carbocycles. The number of likely N-dealkylation sites (N-methyl/N-ethyl adjacent to an activating group) is 1. The minimum atomic E-state index is -0.734. The largest absolute Gasteiger partial charge is 0.479 e. The lowest BCUT2D eigenvalue weighted by molar-refractivity contribution is -0.125. The topological polar surface area (TPSA) is 81.5 Å². The summed E-state index contributed by atoms with van der Waals surface area (Å²) in [6.45, 7) is 7.03. The molecule has 0 N–H and O–H groups in total. The molecule has 1 aliphatic rings. The van der Waals surface area contributed by atoms with Gasteiger partial charge in [-0.3, -0.25) is 19.0 Å². The van der Waals surface area contributed by atoms with Crippen molar-refractivity contribution in [1.29, 1.82) is 0 Å². The lowest BCUT2D eigenvalue weighted by Crippen LogP contribution is -2.42. The molecule has 1 aliphatic heterocycles. The summed E-state index contributed by atoms with van der Waals surface area (Å²) in [5, 5.41) is 0.524. The Morgan fingerprint density at radius 3 is 2.69 bits per heavy atom. The van der Waals surface area contributed by atoms with Crippen molar-refractivity contribution < 1.29 is 14.3 Å². The Morgan fingerprint density at radius 1 is 1.24 bits per heavy atom. The highest BCUT2D eigenvalue weighted by Crippen LogP contribution is 2.34. The minimum Gasteiger partial charge on any atom is -0.479 e. The maximum atomic E-state index is 13.2. The van der Waals surface area contributed by atoms with Crippen molar-refractivity contribution in [2.75, 3.05) is 11.9 Å². The third kappa shape index (κ3) is 3.04. The first kappa shape index (κ1) is 19.3. The maximum absolute atomic E-state index is 13.2. The summed E-state index contributed by atoms with van der Waals surface area (Å²) in [5.74, 6) is 0.636. The van der Waals surface area contributed by atoms with Crippen LogP contribution in [-0.2, 0) is 4.79 Å². The van der Waals surface area contributed by atoms with E-state index < -0.39 is 12.1 Å². The van der Waals surface area contributed by atoms with Gasteiger partial charge in [0.25, 0.3) is 11.5 Å². The van der Waals surface area contributed by atoms with Gasteiger partial charge < -0.3 is 9.64 Å². The summed E-state index contributed by atoms with van der Waals surface area (Å²) in [5.41, 5.74) is 0.722. The fraction of sp³-hybridized carbons (Fsp3) is 0.333. The van der Waals surface area contributed by atoms with E-state index in [0.29, 0.717) is 33.0 Å². The molecular formula is C21H21N3O4S. The molecule has 29 heavy (non-hydrogen) atoms. The number of rotatable bonds is 3. The fourth-order valence-electron chi connectivity index (χ4n) is 3.70. The number of Topliss-reactive ketones (excluding diaryl/α,β-unsaturated/α-hetero) is 1. The zero-order valence-corrected chi connectivity index (χ0v) is 17.7. The average Bonchev–Trinajstić information content (AvgIpc) is 3.05. The van der Waals surface area contributed by atoms with Gasteiger partial charge in [0.15, 0.2) is 11.9 Å².